The number of rotatable bonds is 6. The van der Waals surface area contributed by atoms with E-state index < -0.39 is 5.54 Å². The van der Waals surface area contributed by atoms with Gasteiger partial charge in [0.25, 0.3) is 5.91 Å². The van der Waals surface area contributed by atoms with E-state index >= 15 is 0 Å². The summed E-state index contributed by atoms with van der Waals surface area (Å²) in [6, 6.07) is 7.20. The number of benzene rings is 1. The smallest absolute Gasteiger partial charge is 0.251 e. The number of carbonyl (C=O) groups is 1. The maximum atomic E-state index is 12.1. The molecule has 0 aliphatic carbocycles. The SMILES string of the molecule is CC(C)COc1cccc(C(=O)NC(C)(C)CN)c1.Cl. The Morgan fingerprint density at radius 1 is 1.40 bits per heavy atom. The zero-order chi connectivity index (χ0) is 14.5. The summed E-state index contributed by atoms with van der Waals surface area (Å²) < 4.78 is 5.61. The molecular formula is C15H25ClN2O2. The molecule has 0 fully saturated rings. The molecule has 20 heavy (non-hydrogen) atoms. The predicted octanol–water partition coefficient (Wildman–Crippen LogP) is 2.61. The van der Waals surface area contributed by atoms with Crippen LogP contribution in [0, 0.1) is 5.92 Å². The van der Waals surface area contributed by atoms with Gasteiger partial charge in [-0.1, -0.05) is 19.9 Å². The summed E-state index contributed by atoms with van der Waals surface area (Å²) in [5, 5.41) is 2.89. The number of nitrogens with two attached hydrogens (primary N) is 1. The first-order chi connectivity index (χ1) is 8.84. The standard InChI is InChI=1S/C15H24N2O2.ClH/c1-11(2)9-19-13-7-5-6-12(8-13)14(18)17-15(3,4)10-16;/h5-8,11H,9-10,16H2,1-4H3,(H,17,18);1H. The van der Waals surface area contributed by atoms with Crippen molar-refractivity contribution in [3.05, 3.63) is 29.8 Å². The summed E-state index contributed by atoms with van der Waals surface area (Å²) in [5.41, 5.74) is 5.78. The third kappa shape index (κ3) is 6.26. The van der Waals surface area contributed by atoms with E-state index in [1.54, 1.807) is 12.1 Å². The Kier molecular flexibility index (Phi) is 7.61. The number of carbonyl (C=O) groups excluding carboxylic acids is 1. The van der Waals surface area contributed by atoms with Gasteiger partial charge in [0.2, 0.25) is 0 Å². The zero-order valence-electron chi connectivity index (χ0n) is 12.6. The van der Waals surface area contributed by atoms with E-state index in [4.69, 9.17) is 10.5 Å². The van der Waals surface area contributed by atoms with Crippen molar-refractivity contribution in [2.24, 2.45) is 11.7 Å². The van der Waals surface area contributed by atoms with Gasteiger partial charge in [0.1, 0.15) is 5.75 Å². The number of ether oxygens (including phenoxy) is 1. The van der Waals surface area contributed by atoms with Gasteiger partial charge in [-0.05, 0) is 38.0 Å². The molecule has 1 aromatic rings. The van der Waals surface area contributed by atoms with E-state index in [2.05, 4.69) is 19.2 Å². The van der Waals surface area contributed by atoms with E-state index in [1.165, 1.54) is 0 Å². The molecule has 1 amide bonds. The second-order valence-corrected chi connectivity index (χ2v) is 5.77. The molecule has 0 aromatic heterocycles. The predicted molar refractivity (Wildman–Crippen MR) is 84.6 cm³/mol. The lowest BCUT2D eigenvalue weighted by Crippen LogP contribution is -2.48. The first kappa shape index (κ1) is 18.7. The highest BCUT2D eigenvalue weighted by Gasteiger charge is 2.19. The van der Waals surface area contributed by atoms with Crippen LogP contribution in [0.5, 0.6) is 5.75 Å². The van der Waals surface area contributed by atoms with Gasteiger partial charge in [-0.15, -0.1) is 12.4 Å². The molecule has 0 radical (unpaired) electrons. The lowest BCUT2D eigenvalue weighted by molar-refractivity contribution is 0.0915. The van der Waals surface area contributed by atoms with Crippen LogP contribution in [0.25, 0.3) is 0 Å². The van der Waals surface area contributed by atoms with Crippen LogP contribution in [0.4, 0.5) is 0 Å². The maximum absolute atomic E-state index is 12.1. The minimum Gasteiger partial charge on any atom is -0.493 e. The van der Waals surface area contributed by atoms with Crippen LogP contribution >= 0.6 is 12.4 Å². The Morgan fingerprint density at radius 2 is 2.05 bits per heavy atom. The molecule has 0 spiro atoms. The number of nitrogens with one attached hydrogen (secondary N) is 1. The molecule has 1 rings (SSSR count). The van der Waals surface area contributed by atoms with Gasteiger partial charge in [-0.25, -0.2) is 0 Å². The lowest BCUT2D eigenvalue weighted by atomic mass is 10.1. The third-order valence-corrected chi connectivity index (χ3v) is 2.64. The highest BCUT2D eigenvalue weighted by Crippen LogP contribution is 2.15. The van der Waals surface area contributed by atoms with Crippen molar-refractivity contribution in [3.8, 4) is 5.75 Å². The van der Waals surface area contributed by atoms with Crippen molar-refractivity contribution >= 4 is 18.3 Å². The Hall–Kier alpha value is -1.26. The van der Waals surface area contributed by atoms with Crippen LogP contribution in [-0.2, 0) is 0 Å². The largest absolute Gasteiger partial charge is 0.493 e. The normalized spacial score (nSPS) is 10.9. The summed E-state index contributed by atoms with van der Waals surface area (Å²) in [6.45, 7) is 8.98. The van der Waals surface area contributed by atoms with Crippen LogP contribution in [0.15, 0.2) is 24.3 Å². The van der Waals surface area contributed by atoms with Gasteiger partial charge in [0.05, 0.1) is 6.61 Å². The molecule has 0 unspecified atom stereocenters. The second kappa shape index (κ2) is 8.12. The van der Waals surface area contributed by atoms with Crippen molar-refractivity contribution in [3.63, 3.8) is 0 Å². The van der Waals surface area contributed by atoms with Crippen molar-refractivity contribution in [2.75, 3.05) is 13.2 Å². The van der Waals surface area contributed by atoms with E-state index in [9.17, 15) is 4.79 Å². The summed E-state index contributed by atoms with van der Waals surface area (Å²) in [6.07, 6.45) is 0. The van der Waals surface area contributed by atoms with Crippen LogP contribution in [0.2, 0.25) is 0 Å². The molecule has 4 nitrogen and oxygen atoms in total. The molecule has 0 atom stereocenters. The quantitative estimate of drug-likeness (QED) is 0.849. The fourth-order valence-electron chi connectivity index (χ4n) is 1.42. The second-order valence-electron chi connectivity index (χ2n) is 5.77. The van der Waals surface area contributed by atoms with Gasteiger partial charge >= 0.3 is 0 Å². The highest BCUT2D eigenvalue weighted by molar-refractivity contribution is 5.95. The average molecular weight is 301 g/mol. The van der Waals surface area contributed by atoms with Gasteiger partial charge < -0.3 is 15.8 Å². The van der Waals surface area contributed by atoms with Crippen LogP contribution in [-0.4, -0.2) is 24.6 Å². The molecule has 0 bridgehead atoms. The van der Waals surface area contributed by atoms with Crippen molar-refractivity contribution in [1.82, 2.24) is 5.32 Å². The van der Waals surface area contributed by atoms with Gasteiger partial charge in [0.15, 0.2) is 0 Å². The first-order valence-corrected chi connectivity index (χ1v) is 6.59. The van der Waals surface area contributed by atoms with Crippen LogP contribution in [0.3, 0.4) is 0 Å². The zero-order valence-corrected chi connectivity index (χ0v) is 13.4. The number of hydrogen-bond donors (Lipinski definition) is 2. The average Bonchev–Trinajstić information content (AvgIpc) is 2.36. The van der Waals surface area contributed by atoms with E-state index in [-0.39, 0.29) is 18.3 Å². The van der Waals surface area contributed by atoms with E-state index in [0.717, 1.165) is 0 Å². The summed E-state index contributed by atoms with van der Waals surface area (Å²) in [5.74, 6) is 1.03. The van der Waals surface area contributed by atoms with Crippen molar-refractivity contribution in [1.29, 1.82) is 0 Å². The lowest BCUT2D eigenvalue weighted by Gasteiger charge is -2.24. The highest BCUT2D eigenvalue weighted by atomic mass is 35.5. The number of halogens is 1. The molecule has 114 valence electrons. The summed E-state index contributed by atoms with van der Waals surface area (Å²) in [7, 11) is 0. The molecule has 3 N–H and O–H groups in total. The van der Waals surface area contributed by atoms with Crippen molar-refractivity contribution in [2.45, 2.75) is 33.2 Å². The molecule has 5 heteroatoms. The minimum absolute atomic E-state index is 0. The minimum atomic E-state index is -0.411. The summed E-state index contributed by atoms with van der Waals surface area (Å²) in [4.78, 5) is 12.1. The fraction of sp³-hybridized carbons (Fsp3) is 0.533. The molecule has 0 aliphatic rings. The molecule has 0 saturated carbocycles. The van der Waals surface area contributed by atoms with Crippen LogP contribution in [0.1, 0.15) is 38.1 Å². The number of hydrogen-bond acceptors (Lipinski definition) is 3. The Labute approximate surface area is 127 Å². The molecule has 0 saturated heterocycles. The molecular weight excluding hydrogens is 276 g/mol. The van der Waals surface area contributed by atoms with Crippen molar-refractivity contribution < 1.29 is 9.53 Å². The summed E-state index contributed by atoms with van der Waals surface area (Å²) >= 11 is 0. The van der Waals surface area contributed by atoms with Crippen LogP contribution < -0.4 is 15.8 Å². The molecule has 0 aliphatic heterocycles. The fourth-order valence-corrected chi connectivity index (χ4v) is 1.42. The Balaban J connectivity index is 0.00000361. The topological polar surface area (TPSA) is 64.3 Å². The van der Waals surface area contributed by atoms with E-state index in [1.807, 2.05) is 26.0 Å². The Morgan fingerprint density at radius 3 is 2.60 bits per heavy atom. The van der Waals surface area contributed by atoms with Gasteiger partial charge in [0, 0.05) is 17.6 Å². The molecule has 0 heterocycles. The van der Waals surface area contributed by atoms with Gasteiger partial charge in [-0.2, -0.15) is 0 Å². The monoisotopic (exact) mass is 300 g/mol. The maximum Gasteiger partial charge on any atom is 0.251 e. The van der Waals surface area contributed by atoms with E-state index in [0.29, 0.717) is 30.4 Å². The van der Waals surface area contributed by atoms with Gasteiger partial charge in [-0.3, -0.25) is 4.79 Å². The number of amides is 1. The third-order valence-electron chi connectivity index (χ3n) is 2.64. The molecule has 1 aromatic carbocycles. The Bertz CT molecular complexity index is 434. The first-order valence-electron chi connectivity index (χ1n) is 6.59.